The minimum absolute atomic E-state index is 0.191. The highest BCUT2D eigenvalue weighted by Crippen LogP contribution is 2.33. The van der Waals surface area contributed by atoms with Crippen LogP contribution in [-0.4, -0.2) is 27.7 Å². The van der Waals surface area contributed by atoms with Crippen LogP contribution in [0.2, 0.25) is 0 Å². The summed E-state index contributed by atoms with van der Waals surface area (Å²) in [5.74, 6) is 1.15. The number of hydrogen-bond donors (Lipinski definition) is 1. The van der Waals surface area contributed by atoms with Gasteiger partial charge in [0.25, 0.3) is 0 Å². The maximum Gasteiger partial charge on any atom is 0.347 e. The molecule has 2 heterocycles. The van der Waals surface area contributed by atoms with Crippen molar-refractivity contribution in [2.24, 2.45) is 0 Å². The highest BCUT2D eigenvalue weighted by atomic mass is 16.5. The molecular formula is C20H18N4O3. The topological polar surface area (TPSA) is 93.9 Å². The Bertz CT molecular complexity index is 1150. The van der Waals surface area contributed by atoms with Crippen LogP contribution >= 0.6 is 0 Å². The number of nitrogens with zero attached hydrogens (tertiary/aromatic N) is 3. The van der Waals surface area contributed by atoms with E-state index in [2.05, 4.69) is 58.7 Å². The second-order valence-electron chi connectivity index (χ2n) is 6.56. The number of aromatic nitrogens is 4. The van der Waals surface area contributed by atoms with Gasteiger partial charge >= 0.3 is 5.63 Å². The van der Waals surface area contributed by atoms with Crippen LogP contribution in [0.15, 0.2) is 51.7 Å². The number of ether oxygens (including phenoxy) is 1. The highest BCUT2D eigenvalue weighted by Gasteiger charge is 2.16. The number of fused-ring (bicyclic) bond motifs is 1. The molecule has 0 amide bonds. The Kier molecular flexibility index (Phi) is 4.19. The monoisotopic (exact) mass is 362 g/mol. The van der Waals surface area contributed by atoms with Gasteiger partial charge in [-0.15, -0.1) is 10.2 Å². The van der Waals surface area contributed by atoms with Gasteiger partial charge in [-0.1, -0.05) is 38.1 Å². The zero-order chi connectivity index (χ0) is 19.0. The number of tetrazole rings is 1. The zero-order valence-electron chi connectivity index (χ0n) is 15.2. The van der Waals surface area contributed by atoms with Gasteiger partial charge in [-0.2, -0.15) is 5.21 Å². The van der Waals surface area contributed by atoms with Crippen LogP contribution in [0.4, 0.5) is 0 Å². The summed E-state index contributed by atoms with van der Waals surface area (Å²) in [5.41, 5.74) is 3.37. The average molecular weight is 362 g/mol. The molecule has 1 N–H and O–H groups in total. The van der Waals surface area contributed by atoms with Gasteiger partial charge in [0.15, 0.2) is 11.3 Å². The van der Waals surface area contributed by atoms with E-state index in [9.17, 15) is 4.79 Å². The summed E-state index contributed by atoms with van der Waals surface area (Å²) in [4.78, 5) is 12.3. The lowest BCUT2D eigenvalue weighted by Crippen LogP contribution is -2.04. The molecule has 4 aromatic rings. The summed E-state index contributed by atoms with van der Waals surface area (Å²) in [6.07, 6.45) is 0. The maximum atomic E-state index is 12.3. The fourth-order valence-electron chi connectivity index (χ4n) is 3.01. The number of hydrogen-bond acceptors (Lipinski definition) is 6. The molecule has 0 saturated heterocycles. The van der Waals surface area contributed by atoms with Gasteiger partial charge in [-0.25, -0.2) is 4.79 Å². The van der Waals surface area contributed by atoms with Gasteiger partial charge in [0.05, 0.1) is 7.11 Å². The molecule has 2 aromatic carbocycles. The van der Waals surface area contributed by atoms with Gasteiger partial charge in [-0.3, -0.25) is 0 Å². The standard InChI is InChI=1S/C20H18N4O3/c1-11(2)12-4-6-13(7-5-12)14-8-15-9-16(19-21-23-24-22-19)20(25)27-18(15)17(10-14)26-3/h4-11H,1-3H3,(H,21,22,23,24). The third kappa shape index (κ3) is 3.08. The third-order valence-electron chi connectivity index (χ3n) is 4.51. The first-order valence-electron chi connectivity index (χ1n) is 8.57. The third-order valence-corrected chi connectivity index (χ3v) is 4.51. The molecule has 0 radical (unpaired) electrons. The largest absolute Gasteiger partial charge is 0.493 e. The van der Waals surface area contributed by atoms with Gasteiger partial charge in [0.2, 0.25) is 5.82 Å². The Labute approximate surface area is 155 Å². The molecule has 7 heteroatoms. The fraction of sp³-hybridized carbons (Fsp3) is 0.200. The van der Waals surface area contributed by atoms with E-state index in [1.54, 1.807) is 13.2 Å². The first-order valence-corrected chi connectivity index (χ1v) is 8.57. The van der Waals surface area contributed by atoms with Gasteiger partial charge < -0.3 is 9.15 Å². The smallest absolute Gasteiger partial charge is 0.347 e. The number of nitrogens with one attached hydrogen (secondary N) is 1. The van der Waals surface area contributed by atoms with Crippen molar-refractivity contribution in [2.75, 3.05) is 7.11 Å². The van der Waals surface area contributed by atoms with Gasteiger partial charge in [-0.05, 0) is 46.0 Å². The Morgan fingerprint density at radius 2 is 1.85 bits per heavy atom. The second kappa shape index (κ2) is 6.68. The number of benzene rings is 2. The summed E-state index contributed by atoms with van der Waals surface area (Å²) in [5, 5.41) is 14.3. The molecule has 0 aliphatic heterocycles. The SMILES string of the molecule is COc1cc(-c2ccc(C(C)C)cc2)cc2cc(-c3nn[nH]n3)c(=O)oc12. The fourth-order valence-corrected chi connectivity index (χ4v) is 3.01. The predicted octanol–water partition coefficient (Wildman–Crippen LogP) is 3.77. The zero-order valence-corrected chi connectivity index (χ0v) is 15.2. The molecule has 0 fully saturated rings. The highest BCUT2D eigenvalue weighted by molar-refractivity contribution is 5.90. The van der Waals surface area contributed by atoms with Crippen LogP contribution in [0.3, 0.4) is 0 Å². The van der Waals surface area contributed by atoms with Gasteiger partial charge in [0.1, 0.15) is 5.56 Å². The van der Waals surface area contributed by atoms with Crippen molar-refractivity contribution < 1.29 is 9.15 Å². The molecule has 0 spiro atoms. The quantitative estimate of drug-likeness (QED) is 0.555. The molecule has 0 aliphatic carbocycles. The lowest BCUT2D eigenvalue weighted by Gasteiger charge is -2.10. The van der Waals surface area contributed by atoms with E-state index in [0.29, 0.717) is 17.3 Å². The van der Waals surface area contributed by atoms with Crippen LogP contribution in [0.25, 0.3) is 33.5 Å². The van der Waals surface area contributed by atoms with E-state index in [1.165, 1.54) is 5.56 Å². The van der Waals surface area contributed by atoms with Crippen molar-refractivity contribution in [1.82, 2.24) is 20.6 Å². The number of aromatic amines is 1. The van der Waals surface area contributed by atoms with E-state index >= 15 is 0 Å². The van der Waals surface area contributed by atoms with E-state index in [1.807, 2.05) is 12.1 Å². The van der Waals surface area contributed by atoms with Crippen LogP contribution < -0.4 is 10.4 Å². The summed E-state index contributed by atoms with van der Waals surface area (Å²) in [6.45, 7) is 4.32. The Hall–Kier alpha value is -3.48. The normalized spacial score (nSPS) is 11.3. The van der Waals surface area contributed by atoms with Crippen LogP contribution in [0.5, 0.6) is 5.75 Å². The maximum absolute atomic E-state index is 12.3. The minimum Gasteiger partial charge on any atom is -0.493 e. The van der Waals surface area contributed by atoms with Crippen molar-refractivity contribution in [2.45, 2.75) is 19.8 Å². The molecule has 136 valence electrons. The first kappa shape index (κ1) is 17.0. The van der Waals surface area contributed by atoms with Crippen molar-refractivity contribution in [3.63, 3.8) is 0 Å². The molecule has 4 rings (SSSR count). The van der Waals surface area contributed by atoms with Crippen LogP contribution in [0, 0.1) is 0 Å². The first-order chi connectivity index (χ1) is 13.1. The number of rotatable bonds is 4. The van der Waals surface area contributed by atoms with Crippen molar-refractivity contribution >= 4 is 11.0 Å². The summed E-state index contributed by atoms with van der Waals surface area (Å²) in [6, 6.07) is 13.9. The van der Waals surface area contributed by atoms with Gasteiger partial charge in [0, 0.05) is 5.39 Å². The predicted molar refractivity (Wildman–Crippen MR) is 102 cm³/mol. The van der Waals surface area contributed by atoms with E-state index < -0.39 is 5.63 Å². The van der Waals surface area contributed by atoms with Crippen LogP contribution in [0.1, 0.15) is 25.3 Å². The molecule has 2 aromatic heterocycles. The molecule has 0 atom stereocenters. The summed E-state index contributed by atoms with van der Waals surface area (Å²) < 4.78 is 10.9. The Morgan fingerprint density at radius 1 is 1.07 bits per heavy atom. The van der Waals surface area contributed by atoms with E-state index in [-0.39, 0.29) is 11.4 Å². The lowest BCUT2D eigenvalue weighted by atomic mass is 9.97. The second-order valence-corrected chi connectivity index (χ2v) is 6.56. The van der Waals surface area contributed by atoms with Crippen molar-refractivity contribution in [3.05, 3.63) is 58.4 Å². The Balaban J connectivity index is 1.89. The number of H-pyrrole nitrogens is 1. The minimum atomic E-state index is -0.545. The molecule has 27 heavy (non-hydrogen) atoms. The summed E-state index contributed by atoms with van der Waals surface area (Å²) in [7, 11) is 1.55. The van der Waals surface area contributed by atoms with E-state index in [0.717, 1.165) is 16.5 Å². The molecule has 7 nitrogen and oxygen atoms in total. The van der Waals surface area contributed by atoms with E-state index in [4.69, 9.17) is 9.15 Å². The van der Waals surface area contributed by atoms with Crippen molar-refractivity contribution in [3.8, 4) is 28.3 Å². The Morgan fingerprint density at radius 3 is 2.48 bits per heavy atom. The lowest BCUT2D eigenvalue weighted by molar-refractivity contribution is 0.407. The molecule has 0 bridgehead atoms. The summed E-state index contributed by atoms with van der Waals surface area (Å²) >= 11 is 0. The molecule has 0 saturated carbocycles. The average Bonchev–Trinajstić information content (AvgIpc) is 3.21. The molecule has 0 unspecified atom stereocenters. The molecule has 0 aliphatic rings. The molecular weight excluding hydrogens is 344 g/mol. The van der Waals surface area contributed by atoms with Crippen molar-refractivity contribution in [1.29, 1.82) is 0 Å². The number of methoxy groups -OCH3 is 1. The van der Waals surface area contributed by atoms with Crippen LogP contribution in [-0.2, 0) is 0 Å².